The van der Waals surface area contributed by atoms with Gasteiger partial charge < -0.3 is 10.1 Å². The summed E-state index contributed by atoms with van der Waals surface area (Å²) in [6, 6.07) is 0. The van der Waals surface area contributed by atoms with Gasteiger partial charge in [-0.15, -0.1) is 0 Å². The van der Waals surface area contributed by atoms with Crippen LogP contribution in [0.2, 0.25) is 0 Å². The molecular formula is C14H29N3O3S. The Labute approximate surface area is 128 Å². The van der Waals surface area contributed by atoms with Crippen molar-refractivity contribution < 1.29 is 13.2 Å². The summed E-state index contributed by atoms with van der Waals surface area (Å²) in [4.78, 5) is 2.19. The molecule has 0 amide bonds. The zero-order valence-electron chi connectivity index (χ0n) is 12.8. The Morgan fingerprint density at radius 3 is 2.57 bits per heavy atom. The van der Waals surface area contributed by atoms with E-state index in [9.17, 15) is 8.42 Å². The summed E-state index contributed by atoms with van der Waals surface area (Å²) in [6.45, 7) is 5.24. The van der Waals surface area contributed by atoms with Gasteiger partial charge in [0.15, 0.2) is 0 Å². The van der Waals surface area contributed by atoms with Gasteiger partial charge in [-0.05, 0) is 12.8 Å². The van der Waals surface area contributed by atoms with Crippen molar-refractivity contribution in [2.45, 2.75) is 38.2 Å². The highest BCUT2D eigenvalue weighted by atomic mass is 32.2. The molecule has 124 valence electrons. The van der Waals surface area contributed by atoms with Crippen molar-refractivity contribution >= 4 is 10.0 Å². The number of hydrogen-bond donors (Lipinski definition) is 2. The van der Waals surface area contributed by atoms with Crippen LogP contribution < -0.4 is 10.0 Å². The molecule has 7 heteroatoms. The van der Waals surface area contributed by atoms with Crippen molar-refractivity contribution in [2.24, 2.45) is 0 Å². The van der Waals surface area contributed by atoms with Gasteiger partial charge in [0.2, 0.25) is 10.0 Å². The van der Waals surface area contributed by atoms with Crippen LogP contribution >= 0.6 is 0 Å². The minimum Gasteiger partial charge on any atom is -0.377 e. The lowest BCUT2D eigenvalue weighted by Crippen LogP contribution is -2.46. The van der Waals surface area contributed by atoms with Gasteiger partial charge in [0.05, 0.1) is 18.5 Å². The van der Waals surface area contributed by atoms with Crippen molar-refractivity contribution in [1.29, 1.82) is 0 Å². The maximum Gasteiger partial charge on any atom is 0.212 e. The van der Waals surface area contributed by atoms with E-state index in [2.05, 4.69) is 14.9 Å². The average molecular weight is 319 g/mol. The number of nitrogens with zero attached hydrogens (tertiary/aromatic N) is 1. The highest BCUT2D eigenvalue weighted by molar-refractivity contribution is 7.89. The van der Waals surface area contributed by atoms with Gasteiger partial charge in [-0.1, -0.05) is 19.3 Å². The van der Waals surface area contributed by atoms with Gasteiger partial charge >= 0.3 is 0 Å². The van der Waals surface area contributed by atoms with Gasteiger partial charge in [0.25, 0.3) is 0 Å². The third-order valence-corrected chi connectivity index (χ3v) is 5.58. The van der Waals surface area contributed by atoms with Crippen LogP contribution in [0, 0.1) is 0 Å². The van der Waals surface area contributed by atoms with E-state index in [1.807, 2.05) is 0 Å². The highest BCUT2D eigenvalue weighted by Gasteiger charge is 2.16. The molecule has 2 rings (SSSR count). The lowest BCUT2D eigenvalue weighted by Gasteiger charge is -2.27. The third kappa shape index (κ3) is 7.06. The number of hydrogen-bond acceptors (Lipinski definition) is 5. The molecule has 0 aromatic carbocycles. The van der Waals surface area contributed by atoms with Crippen molar-refractivity contribution in [3.05, 3.63) is 0 Å². The standard InChI is InChI=1S/C14H29N3O3S/c18-21(19,13-11-17-9-6-15-7-10-17)16-8-12-20-14-4-2-1-3-5-14/h14-16H,1-13H2. The fraction of sp³-hybridized carbons (Fsp3) is 1.00. The van der Waals surface area contributed by atoms with Gasteiger partial charge in [0.1, 0.15) is 0 Å². The summed E-state index contributed by atoms with van der Waals surface area (Å²) < 4.78 is 32.2. The normalized spacial score (nSPS) is 22.5. The molecule has 1 heterocycles. The fourth-order valence-electron chi connectivity index (χ4n) is 2.91. The fourth-order valence-corrected chi connectivity index (χ4v) is 3.95. The first kappa shape index (κ1) is 17.1. The second-order valence-corrected chi connectivity index (χ2v) is 7.86. The van der Waals surface area contributed by atoms with E-state index in [4.69, 9.17) is 4.74 Å². The Kier molecular flexibility index (Phi) is 7.39. The summed E-state index contributed by atoms with van der Waals surface area (Å²) in [7, 11) is -3.18. The number of nitrogens with one attached hydrogen (secondary N) is 2. The molecule has 0 aromatic rings. The van der Waals surface area contributed by atoms with E-state index < -0.39 is 10.0 Å². The van der Waals surface area contributed by atoms with Gasteiger partial charge in [-0.25, -0.2) is 13.1 Å². The monoisotopic (exact) mass is 319 g/mol. The predicted octanol–water partition coefficient (Wildman–Crippen LogP) is 0.160. The number of ether oxygens (including phenoxy) is 1. The lowest BCUT2D eigenvalue weighted by molar-refractivity contribution is 0.0321. The number of rotatable bonds is 8. The largest absolute Gasteiger partial charge is 0.377 e. The molecule has 0 aromatic heterocycles. The van der Waals surface area contributed by atoms with Crippen molar-refractivity contribution in [3.63, 3.8) is 0 Å². The Balaban J connectivity index is 1.55. The minimum absolute atomic E-state index is 0.177. The first-order chi connectivity index (χ1) is 10.2. The van der Waals surface area contributed by atoms with Gasteiger partial charge in [-0.3, -0.25) is 4.90 Å². The van der Waals surface area contributed by atoms with Crippen LogP contribution in [0.1, 0.15) is 32.1 Å². The zero-order chi connectivity index (χ0) is 15.0. The van der Waals surface area contributed by atoms with E-state index in [0.717, 1.165) is 39.0 Å². The molecule has 0 atom stereocenters. The SMILES string of the molecule is O=S(=O)(CCN1CCNCC1)NCCOC1CCCCC1. The van der Waals surface area contributed by atoms with E-state index in [0.29, 0.717) is 25.8 Å². The molecule has 1 saturated carbocycles. The summed E-state index contributed by atoms with van der Waals surface area (Å²) in [5, 5.41) is 3.26. The van der Waals surface area contributed by atoms with Gasteiger partial charge in [-0.2, -0.15) is 0 Å². The zero-order valence-corrected chi connectivity index (χ0v) is 13.7. The van der Waals surface area contributed by atoms with Crippen molar-refractivity contribution in [3.8, 4) is 0 Å². The second-order valence-electron chi connectivity index (χ2n) is 5.94. The molecule has 1 saturated heterocycles. The van der Waals surface area contributed by atoms with Crippen LogP contribution in [0.5, 0.6) is 0 Å². The summed E-state index contributed by atoms with van der Waals surface area (Å²) in [5.74, 6) is 0.177. The molecule has 21 heavy (non-hydrogen) atoms. The molecule has 2 N–H and O–H groups in total. The molecule has 0 bridgehead atoms. The number of piperazine rings is 1. The highest BCUT2D eigenvalue weighted by Crippen LogP contribution is 2.19. The quantitative estimate of drug-likeness (QED) is 0.624. The Morgan fingerprint density at radius 1 is 1.14 bits per heavy atom. The van der Waals surface area contributed by atoms with E-state index in [1.165, 1.54) is 19.3 Å². The molecular weight excluding hydrogens is 290 g/mol. The van der Waals surface area contributed by atoms with Crippen LogP contribution in [0.4, 0.5) is 0 Å². The molecule has 2 aliphatic rings. The molecule has 1 aliphatic heterocycles. The lowest BCUT2D eigenvalue weighted by atomic mass is 9.98. The minimum atomic E-state index is -3.18. The molecule has 6 nitrogen and oxygen atoms in total. The third-order valence-electron chi connectivity index (χ3n) is 4.22. The molecule has 0 spiro atoms. The summed E-state index contributed by atoms with van der Waals surface area (Å²) in [6.07, 6.45) is 6.36. The van der Waals surface area contributed by atoms with Crippen LogP contribution in [0.15, 0.2) is 0 Å². The van der Waals surface area contributed by atoms with Crippen LogP contribution in [0.3, 0.4) is 0 Å². The molecule has 0 unspecified atom stereocenters. The molecule has 1 aliphatic carbocycles. The van der Waals surface area contributed by atoms with Gasteiger partial charge in [0, 0.05) is 39.3 Å². The average Bonchev–Trinajstić information content (AvgIpc) is 2.52. The smallest absolute Gasteiger partial charge is 0.212 e. The first-order valence-electron chi connectivity index (χ1n) is 8.18. The van der Waals surface area contributed by atoms with Crippen molar-refractivity contribution in [1.82, 2.24) is 14.9 Å². The van der Waals surface area contributed by atoms with E-state index in [1.54, 1.807) is 0 Å². The maximum absolute atomic E-state index is 11.9. The van der Waals surface area contributed by atoms with Crippen molar-refractivity contribution in [2.75, 3.05) is 51.6 Å². The molecule has 2 fully saturated rings. The Hall–Kier alpha value is -0.210. The number of sulfonamides is 1. The van der Waals surface area contributed by atoms with Crippen LogP contribution in [-0.4, -0.2) is 71.0 Å². The predicted molar refractivity (Wildman–Crippen MR) is 83.9 cm³/mol. The van der Waals surface area contributed by atoms with E-state index >= 15 is 0 Å². The second kappa shape index (κ2) is 9.05. The molecule has 0 radical (unpaired) electrons. The Morgan fingerprint density at radius 2 is 1.86 bits per heavy atom. The van der Waals surface area contributed by atoms with Crippen LogP contribution in [0.25, 0.3) is 0 Å². The maximum atomic E-state index is 11.9. The van der Waals surface area contributed by atoms with E-state index in [-0.39, 0.29) is 5.75 Å². The topological polar surface area (TPSA) is 70.7 Å². The first-order valence-corrected chi connectivity index (χ1v) is 9.83. The Bertz CT molecular complexity index is 377. The summed E-state index contributed by atoms with van der Waals surface area (Å²) >= 11 is 0. The van der Waals surface area contributed by atoms with Crippen LogP contribution in [-0.2, 0) is 14.8 Å². The summed E-state index contributed by atoms with van der Waals surface area (Å²) in [5.41, 5.74) is 0.